The largest absolute Gasteiger partial charge is 0.465 e. The molecule has 0 unspecified atom stereocenters. The van der Waals surface area contributed by atoms with Crippen LogP contribution in [0.2, 0.25) is 0 Å². The summed E-state index contributed by atoms with van der Waals surface area (Å²) in [5, 5.41) is 0. The molecule has 26 heavy (non-hydrogen) atoms. The smallest absolute Gasteiger partial charge is 0.328 e. The number of esters is 2. The van der Waals surface area contributed by atoms with Gasteiger partial charge >= 0.3 is 11.9 Å². The van der Waals surface area contributed by atoms with Crippen LogP contribution in [0.5, 0.6) is 5.75 Å². The Balaban J connectivity index is 2.58. The normalized spacial score (nSPS) is 11.2. The summed E-state index contributed by atoms with van der Waals surface area (Å²) in [4.78, 5) is 25.3. The molecule has 1 aromatic rings. The average molecular weight is 427 g/mol. The van der Waals surface area contributed by atoms with Crippen molar-refractivity contribution in [3.05, 3.63) is 28.7 Å². The van der Waals surface area contributed by atoms with E-state index < -0.39 is 17.4 Å². The van der Waals surface area contributed by atoms with E-state index in [4.69, 9.17) is 9.47 Å². The van der Waals surface area contributed by atoms with Gasteiger partial charge in [0, 0.05) is 4.47 Å². The quantitative estimate of drug-likeness (QED) is 0.176. The lowest BCUT2D eigenvalue weighted by atomic mass is 9.82. The topological polar surface area (TPSA) is 52.6 Å². The molecule has 5 heteroatoms. The van der Waals surface area contributed by atoms with Crippen molar-refractivity contribution in [2.75, 3.05) is 6.61 Å². The Morgan fingerprint density at radius 2 is 1.46 bits per heavy atom. The first-order valence-electron chi connectivity index (χ1n) is 9.65. The second-order valence-corrected chi connectivity index (χ2v) is 7.45. The van der Waals surface area contributed by atoms with E-state index in [1.807, 2.05) is 13.8 Å². The highest BCUT2D eigenvalue weighted by molar-refractivity contribution is 9.10. The molecule has 0 atom stereocenters. The van der Waals surface area contributed by atoms with Gasteiger partial charge in [0.05, 0.1) is 6.61 Å². The van der Waals surface area contributed by atoms with Gasteiger partial charge in [0.25, 0.3) is 0 Å². The van der Waals surface area contributed by atoms with Gasteiger partial charge in [0.1, 0.15) is 5.75 Å². The molecule has 0 aliphatic heterocycles. The molecule has 1 aromatic carbocycles. The number of unbranched alkanes of at least 4 members (excludes halogenated alkanes) is 5. The van der Waals surface area contributed by atoms with Crippen molar-refractivity contribution < 1.29 is 19.1 Å². The van der Waals surface area contributed by atoms with Crippen LogP contribution in [0.25, 0.3) is 0 Å². The fourth-order valence-corrected chi connectivity index (χ4v) is 3.07. The summed E-state index contributed by atoms with van der Waals surface area (Å²) >= 11 is 3.34. The number of ether oxygens (including phenoxy) is 2. The van der Waals surface area contributed by atoms with Gasteiger partial charge in [0.15, 0.2) is 5.41 Å². The number of benzene rings is 1. The molecule has 0 fully saturated rings. The monoisotopic (exact) mass is 426 g/mol. The number of carbonyl (C=O) groups is 2. The fourth-order valence-electron chi connectivity index (χ4n) is 2.80. The number of hydrogen-bond donors (Lipinski definition) is 0. The molecule has 146 valence electrons. The standard InChI is InChI=1S/C21H31BrO4/c1-4-7-8-9-10-11-16-25-19(23)21(5-2,6-3)20(24)26-18-14-12-17(22)13-15-18/h12-15H,4-11,16H2,1-3H3. The summed E-state index contributed by atoms with van der Waals surface area (Å²) in [7, 11) is 0. The third-order valence-electron chi connectivity index (χ3n) is 4.74. The maximum Gasteiger partial charge on any atom is 0.328 e. The Kier molecular flexibility index (Phi) is 10.6. The molecule has 0 heterocycles. The van der Waals surface area contributed by atoms with E-state index in [9.17, 15) is 9.59 Å². The summed E-state index contributed by atoms with van der Waals surface area (Å²) in [5.41, 5.74) is -1.24. The Morgan fingerprint density at radius 3 is 2.04 bits per heavy atom. The third kappa shape index (κ3) is 6.75. The van der Waals surface area contributed by atoms with E-state index in [-0.39, 0.29) is 0 Å². The minimum absolute atomic E-state index is 0.355. The number of carbonyl (C=O) groups excluding carboxylic acids is 2. The fraction of sp³-hybridized carbons (Fsp3) is 0.619. The zero-order valence-electron chi connectivity index (χ0n) is 16.2. The highest BCUT2D eigenvalue weighted by Crippen LogP contribution is 2.31. The first kappa shape index (κ1) is 22.7. The molecule has 0 radical (unpaired) electrons. The van der Waals surface area contributed by atoms with Gasteiger partial charge in [-0.05, 0) is 43.5 Å². The molecule has 0 aromatic heterocycles. The lowest BCUT2D eigenvalue weighted by Gasteiger charge is -2.26. The maximum absolute atomic E-state index is 12.7. The minimum Gasteiger partial charge on any atom is -0.465 e. The minimum atomic E-state index is -1.24. The summed E-state index contributed by atoms with van der Waals surface area (Å²) in [6.07, 6.45) is 7.42. The van der Waals surface area contributed by atoms with Crippen molar-refractivity contribution in [1.29, 1.82) is 0 Å². The van der Waals surface area contributed by atoms with E-state index in [1.165, 1.54) is 19.3 Å². The first-order chi connectivity index (χ1) is 12.5. The van der Waals surface area contributed by atoms with E-state index in [0.717, 1.165) is 23.7 Å². The number of hydrogen-bond acceptors (Lipinski definition) is 4. The van der Waals surface area contributed by atoms with Gasteiger partial charge in [0.2, 0.25) is 0 Å². The van der Waals surface area contributed by atoms with Gasteiger partial charge in [-0.1, -0.05) is 68.8 Å². The summed E-state index contributed by atoms with van der Waals surface area (Å²) in [6, 6.07) is 6.97. The van der Waals surface area contributed by atoms with E-state index in [1.54, 1.807) is 24.3 Å². The van der Waals surface area contributed by atoms with Crippen LogP contribution < -0.4 is 4.74 Å². The van der Waals surface area contributed by atoms with Crippen LogP contribution in [0.15, 0.2) is 28.7 Å². The van der Waals surface area contributed by atoms with Gasteiger partial charge in [-0.15, -0.1) is 0 Å². The first-order valence-corrected chi connectivity index (χ1v) is 10.4. The molecule has 1 rings (SSSR count). The molecular formula is C21H31BrO4. The molecule has 0 saturated heterocycles. The number of halogens is 1. The Morgan fingerprint density at radius 1 is 0.885 bits per heavy atom. The molecule has 0 saturated carbocycles. The van der Waals surface area contributed by atoms with Crippen LogP contribution in [0.3, 0.4) is 0 Å². The van der Waals surface area contributed by atoms with Crippen LogP contribution >= 0.6 is 15.9 Å². The van der Waals surface area contributed by atoms with Crippen LogP contribution in [0.4, 0.5) is 0 Å². The van der Waals surface area contributed by atoms with Crippen molar-refractivity contribution in [2.24, 2.45) is 5.41 Å². The van der Waals surface area contributed by atoms with E-state index in [0.29, 0.717) is 25.2 Å². The van der Waals surface area contributed by atoms with E-state index in [2.05, 4.69) is 22.9 Å². The average Bonchev–Trinajstić information content (AvgIpc) is 2.64. The van der Waals surface area contributed by atoms with Crippen LogP contribution in [0.1, 0.15) is 72.1 Å². The Labute approximate surface area is 165 Å². The zero-order chi connectivity index (χ0) is 19.4. The molecule has 0 spiro atoms. The number of rotatable bonds is 12. The molecule has 0 amide bonds. The zero-order valence-corrected chi connectivity index (χ0v) is 17.8. The summed E-state index contributed by atoms with van der Waals surface area (Å²) < 4.78 is 11.8. The lowest BCUT2D eigenvalue weighted by Crippen LogP contribution is -2.42. The molecule has 0 N–H and O–H groups in total. The van der Waals surface area contributed by atoms with Gasteiger partial charge in [-0.2, -0.15) is 0 Å². The predicted molar refractivity (Wildman–Crippen MR) is 107 cm³/mol. The van der Waals surface area contributed by atoms with Gasteiger partial charge < -0.3 is 9.47 Å². The van der Waals surface area contributed by atoms with Crippen molar-refractivity contribution in [1.82, 2.24) is 0 Å². The SMILES string of the molecule is CCCCCCCCOC(=O)C(CC)(CC)C(=O)Oc1ccc(Br)cc1. The lowest BCUT2D eigenvalue weighted by molar-refractivity contribution is -0.168. The van der Waals surface area contributed by atoms with Gasteiger partial charge in [-0.25, -0.2) is 0 Å². The third-order valence-corrected chi connectivity index (χ3v) is 5.27. The second-order valence-electron chi connectivity index (χ2n) is 6.54. The molecule has 4 nitrogen and oxygen atoms in total. The predicted octanol–water partition coefficient (Wildman–Crippen LogP) is 6.06. The molecular weight excluding hydrogens is 396 g/mol. The van der Waals surface area contributed by atoms with Crippen LogP contribution in [0, 0.1) is 5.41 Å². The summed E-state index contributed by atoms with van der Waals surface area (Å²) in [6.45, 7) is 6.18. The Bertz CT molecular complexity index is 550. The van der Waals surface area contributed by atoms with Crippen molar-refractivity contribution in [2.45, 2.75) is 72.1 Å². The van der Waals surface area contributed by atoms with Gasteiger partial charge in [-0.3, -0.25) is 9.59 Å². The molecule has 0 bridgehead atoms. The van der Waals surface area contributed by atoms with Crippen LogP contribution in [-0.2, 0) is 14.3 Å². The summed E-state index contributed by atoms with van der Waals surface area (Å²) in [5.74, 6) is -0.593. The highest BCUT2D eigenvalue weighted by Gasteiger charge is 2.46. The van der Waals surface area contributed by atoms with Crippen molar-refractivity contribution in [3.8, 4) is 5.75 Å². The Hall–Kier alpha value is -1.36. The maximum atomic E-state index is 12.7. The van der Waals surface area contributed by atoms with Crippen molar-refractivity contribution >= 4 is 27.9 Å². The van der Waals surface area contributed by atoms with Crippen molar-refractivity contribution in [3.63, 3.8) is 0 Å². The molecule has 0 aliphatic carbocycles. The van der Waals surface area contributed by atoms with E-state index >= 15 is 0 Å². The van der Waals surface area contributed by atoms with Crippen LogP contribution in [-0.4, -0.2) is 18.5 Å². The highest BCUT2D eigenvalue weighted by atomic mass is 79.9. The molecule has 0 aliphatic rings. The second kappa shape index (κ2) is 12.1.